The van der Waals surface area contributed by atoms with Crippen molar-refractivity contribution in [3.8, 4) is 0 Å². The van der Waals surface area contributed by atoms with Crippen LogP contribution in [0.1, 0.15) is 63.4 Å². The maximum absolute atomic E-state index is 5.56. The van der Waals surface area contributed by atoms with Crippen molar-refractivity contribution in [2.45, 2.75) is 57.8 Å². The lowest BCUT2D eigenvalue weighted by molar-refractivity contribution is 0.124. The molecule has 1 nitrogen and oxygen atoms in total. The largest absolute Gasteiger partial charge is 0.381 e. The van der Waals surface area contributed by atoms with Gasteiger partial charge >= 0.3 is 0 Å². The zero-order valence-electron chi connectivity index (χ0n) is 12.3. The van der Waals surface area contributed by atoms with Crippen molar-refractivity contribution in [2.24, 2.45) is 5.92 Å². The van der Waals surface area contributed by atoms with Crippen molar-refractivity contribution in [2.75, 3.05) is 13.2 Å². The Morgan fingerprint density at radius 1 is 1.00 bits per heavy atom. The second kappa shape index (κ2) is 8.37. The van der Waals surface area contributed by atoms with E-state index >= 15 is 0 Å². The van der Waals surface area contributed by atoms with E-state index in [0.717, 1.165) is 31.5 Å². The molecule has 1 fully saturated rings. The van der Waals surface area contributed by atoms with Crippen molar-refractivity contribution < 1.29 is 4.74 Å². The molecule has 1 aliphatic carbocycles. The molecule has 0 spiro atoms. The monoisotopic (exact) mass is 260 g/mol. The van der Waals surface area contributed by atoms with Crippen LogP contribution >= 0.6 is 0 Å². The van der Waals surface area contributed by atoms with E-state index in [1.807, 2.05) is 0 Å². The summed E-state index contributed by atoms with van der Waals surface area (Å²) in [4.78, 5) is 0. The van der Waals surface area contributed by atoms with E-state index in [1.165, 1.54) is 38.5 Å². The normalized spacial score (nSPS) is 23.4. The lowest BCUT2D eigenvalue weighted by atomic mass is 9.77. The number of rotatable bonds is 7. The summed E-state index contributed by atoms with van der Waals surface area (Å²) < 4.78 is 5.56. The highest BCUT2D eigenvalue weighted by Crippen LogP contribution is 2.37. The van der Waals surface area contributed by atoms with Crippen LogP contribution in [0.5, 0.6) is 0 Å². The van der Waals surface area contributed by atoms with Crippen molar-refractivity contribution in [3.63, 3.8) is 0 Å². The van der Waals surface area contributed by atoms with E-state index in [-0.39, 0.29) is 0 Å². The number of hydrogen-bond acceptors (Lipinski definition) is 1. The van der Waals surface area contributed by atoms with Crippen LogP contribution in [-0.4, -0.2) is 13.2 Å². The van der Waals surface area contributed by atoms with E-state index in [4.69, 9.17) is 4.74 Å². The fourth-order valence-electron chi connectivity index (χ4n) is 3.23. The average Bonchev–Trinajstić information content (AvgIpc) is 2.49. The summed E-state index contributed by atoms with van der Waals surface area (Å²) in [6, 6.07) is 11.1. The molecule has 0 aliphatic heterocycles. The van der Waals surface area contributed by atoms with Gasteiger partial charge in [0.25, 0.3) is 0 Å². The van der Waals surface area contributed by atoms with Gasteiger partial charge in [0.2, 0.25) is 0 Å². The van der Waals surface area contributed by atoms with Crippen LogP contribution in [0.3, 0.4) is 0 Å². The topological polar surface area (TPSA) is 9.23 Å². The molecule has 1 aromatic carbocycles. The minimum Gasteiger partial charge on any atom is -0.381 e. The maximum atomic E-state index is 5.56. The van der Waals surface area contributed by atoms with Crippen molar-refractivity contribution in [3.05, 3.63) is 35.9 Å². The maximum Gasteiger partial charge on any atom is 0.0466 e. The lowest BCUT2D eigenvalue weighted by Gasteiger charge is -2.28. The molecule has 0 atom stereocenters. The van der Waals surface area contributed by atoms with Gasteiger partial charge in [-0.3, -0.25) is 0 Å². The van der Waals surface area contributed by atoms with Gasteiger partial charge in [0.1, 0.15) is 0 Å². The number of ether oxygens (including phenoxy) is 1. The first-order valence-corrected chi connectivity index (χ1v) is 8.03. The van der Waals surface area contributed by atoms with Gasteiger partial charge < -0.3 is 4.74 Å². The van der Waals surface area contributed by atoms with Crippen LogP contribution in [0.2, 0.25) is 0 Å². The number of hydrogen-bond donors (Lipinski definition) is 0. The molecule has 19 heavy (non-hydrogen) atoms. The Labute approximate surface area is 118 Å². The van der Waals surface area contributed by atoms with Gasteiger partial charge in [-0.25, -0.2) is 0 Å². The van der Waals surface area contributed by atoms with Gasteiger partial charge in [0, 0.05) is 13.2 Å². The quantitative estimate of drug-likeness (QED) is 0.615. The van der Waals surface area contributed by atoms with E-state index in [2.05, 4.69) is 37.3 Å². The first kappa shape index (κ1) is 14.6. The van der Waals surface area contributed by atoms with Gasteiger partial charge in [0.05, 0.1) is 0 Å². The Balaban J connectivity index is 1.63. The fraction of sp³-hybridized carbons (Fsp3) is 0.667. The van der Waals surface area contributed by atoms with Crippen LogP contribution in [0, 0.1) is 5.92 Å². The molecule has 1 aromatic rings. The molecule has 0 amide bonds. The van der Waals surface area contributed by atoms with E-state index in [1.54, 1.807) is 5.56 Å². The summed E-state index contributed by atoms with van der Waals surface area (Å²) in [6.07, 6.45) is 9.34. The third kappa shape index (κ3) is 4.99. The Kier molecular flexibility index (Phi) is 6.43. The summed E-state index contributed by atoms with van der Waals surface area (Å²) in [7, 11) is 0. The van der Waals surface area contributed by atoms with Gasteiger partial charge in [-0.15, -0.1) is 0 Å². The van der Waals surface area contributed by atoms with Gasteiger partial charge in [-0.1, -0.05) is 37.3 Å². The molecule has 0 heterocycles. The first-order valence-electron chi connectivity index (χ1n) is 8.03. The molecule has 0 unspecified atom stereocenters. The summed E-state index contributed by atoms with van der Waals surface area (Å²) >= 11 is 0. The number of benzene rings is 1. The summed E-state index contributed by atoms with van der Waals surface area (Å²) in [5.74, 6) is 1.76. The highest BCUT2D eigenvalue weighted by atomic mass is 16.5. The van der Waals surface area contributed by atoms with Crippen LogP contribution < -0.4 is 0 Å². The Bertz CT molecular complexity index is 325. The van der Waals surface area contributed by atoms with Gasteiger partial charge in [0.15, 0.2) is 0 Å². The predicted molar refractivity (Wildman–Crippen MR) is 81.5 cm³/mol. The van der Waals surface area contributed by atoms with E-state index in [9.17, 15) is 0 Å². The van der Waals surface area contributed by atoms with Crippen LogP contribution in [0.25, 0.3) is 0 Å². The molecule has 0 radical (unpaired) electrons. The lowest BCUT2D eigenvalue weighted by Crippen LogP contribution is -2.14. The summed E-state index contributed by atoms with van der Waals surface area (Å²) in [5, 5.41) is 0. The molecule has 106 valence electrons. The SMILES string of the molecule is CCCOCCCC1CCC(c2ccccc2)CC1. The van der Waals surface area contributed by atoms with Crippen LogP contribution in [0.15, 0.2) is 30.3 Å². The molecular formula is C18H28O. The summed E-state index contributed by atoms with van der Waals surface area (Å²) in [5.41, 5.74) is 1.55. The molecular weight excluding hydrogens is 232 g/mol. The highest BCUT2D eigenvalue weighted by molar-refractivity contribution is 5.19. The molecule has 0 N–H and O–H groups in total. The minimum absolute atomic E-state index is 0.814. The van der Waals surface area contributed by atoms with E-state index in [0.29, 0.717) is 0 Å². The summed E-state index contributed by atoms with van der Waals surface area (Å²) in [6.45, 7) is 4.07. The molecule has 0 bridgehead atoms. The van der Waals surface area contributed by atoms with Gasteiger partial charge in [-0.05, 0) is 62.3 Å². The molecule has 1 saturated carbocycles. The second-order valence-corrected chi connectivity index (χ2v) is 5.88. The standard InChI is InChI=1S/C18H28O/c1-2-14-19-15-6-7-16-10-12-18(13-11-16)17-8-4-3-5-9-17/h3-5,8-9,16,18H,2,6-7,10-15H2,1H3. The predicted octanol–water partition coefficient (Wildman–Crippen LogP) is 5.17. The zero-order valence-corrected chi connectivity index (χ0v) is 12.3. The Hall–Kier alpha value is -0.820. The molecule has 0 aromatic heterocycles. The van der Waals surface area contributed by atoms with E-state index < -0.39 is 0 Å². The van der Waals surface area contributed by atoms with Gasteiger partial charge in [-0.2, -0.15) is 0 Å². The third-order valence-electron chi connectivity index (χ3n) is 4.37. The first-order chi connectivity index (χ1) is 9.40. The third-order valence-corrected chi connectivity index (χ3v) is 4.37. The van der Waals surface area contributed by atoms with Crippen molar-refractivity contribution in [1.29, 1.82) is 0 Å². The molecule has 1 aliphatic rings. The van der Waals surface area contributed by atoms with Crippen LogP contribution in [-0.2, 0) is 4.74 Å². The van der Waals surface area contributed by atoms with Crippen molar-refractivity contribution >= 4 is 0 Å². The highest BCUT2D eigenvalue weighted by Gasteiger charge is 2.21. The van der Waals surface area contributed by atoms with Crippen LogP contribution in [0.4, 0.5) is 0 Å². The molecule has 2 rings (SSSR count). The second-order valence-electron chi connectivity index (χ2n) is 5.88. The Morgan fingerprint density at radius 3 is 2.42 bits per heavy atom. The fourth-order valence-corrected chi connectivity index (χ4v) is 3.23. The average molecular weight is 260 g/mol. The Morgan fingerprint density at radius 2 is 1.74 bits per heavy atom. The molecule has 0 saturated heterocycles. The smallest absolute Gasteiger partial charge is 0.0466 e. The minimum atomic E-state index is 0.814. The zero-order chi connectivity index (χ0) is 13.3. The van der Waals surface area contributed by atoms with Crippen molar-refractivity contribution in [1.82, 2.24) is 0 Å². The molecule has 1 heteroatoms.